The molecule has 0 aliphatic rings. The molecule has 0 heterocycles. The Bertz CT molecular complexity index is 647. The van der Waals surface area contributed by atoms with Crippen LogP contribution in [0.25, 0.3) is 0 Å². The van der Waals surface area contributed by atoms with Gasteiger partial charge in [-0.25, -0.2) is 4.39 Å². The Morgan fingerprint density at radius 3 is 2.30 bits per heavy atom. The smallest absolute Gasteiger partial charge is 0.261 e. The van der Waals surface area contributed by atoms with Crippen LogP contribution in [0.5, 0.6) is 5.75 Å². The van der Waals surface area contributed by atoms with Gasteiger partial charge in [0.25, 0.3) is 5.91 Å². The van der Waals surface area contributed by atoms with E-state index in [9.17, 15) is 14.3 Å². The number of rotatable bonds is 2. The lowest BCUT2D eigenvalue weighted by atomic mass is 10.1. The van der Waals surface area contributed by atoms with E-state index in [1.165, 1.54) is 11.0 Å². The highest BCUT2D eigenvalue weighted by Crippen LogP contribution is 2.24. The minimum atomic E-state index is -0.556. The number of carbonyl (C=O) groups excluding carboxylic acids is 1. The van der Waals surface area contributed by atoms with Crippen molar-refractivity contribution in [1.29, 1.82) is 0 Å². The summed E-state index contributed by atoms with van der Waals surface area (Å²) in [5.74, 6) is -1.24. The molecule has 2 rings (SSSR count). The SMILES string of the molecule is Cc1cc(C)cc(N(C)C(=O)c2cc(F)ccc2O)c1. The first-order valence-electron chi connectivity index (χ1n) is 6.23. The molecule has 0 aliphatic heterocycles. The molecule has 4 heteroatoms. The van der Waals surface area contributed by atoms with Crippen LogP contribution in [0.2, 0.25) is 0 Å². The molecule has 0 bridgehead atoms. The summed E-state index contributed by atoms with van der Waals surface area (Å²) in [6.07, 6.45) is 0. The maximum atomic E-state index is 13.2. The molecule has 0 aliphatic carbocycles. The van der Waals surface area contributed by atoms with Crippen LogP contribution in [0, 0.1) is 19.7 Å². The topological polar surface area (TPSA) is 40.5 Å². The lowest BCUT2D eigenvalue weighted by molar-refractivity contribution is 0.0990. The van der Waals surface area contributed by atoms with Crippen molar-refractivity contribution < 1.29 is 14.3 Å². The van der Waals surface area contributed by atoms with Gasteiger partial charge in [-0.15, -0.1) is 0 Å². The third kappa shape index (κ3) is 2.79. The van der Waals surface area contributed by atoms with Crippen molar-refractivity contribution in [3.8, 4) is 5.75 Å². The zero-order valence-electron chi connectivity index (χ0n) is 11.6. The van der Waals surface area contributed by atoms with Gasteiger partial charge in [-0.05, 0) is 55.3 Å². The van der Waals surface area contributed by atoms with Crippen LogP contribution in [-0.4, -0.2) is 18.1 Å². The number of hydrogen-bond acceptors (Lipinski definition) is 2. The quantitative estimate of drug-likeness (QED) is 0.910. The van der Waals surface area contributed by atoms with Crippen molar-refractivity contribution in [2.24, 2.45) is 0 Å². The molecule has 2 aromatic carbocycles. The highest BCUT2D eigenvalue weighted by atomic mass is 19.1. The molecule has 0 atom stereocenters. The summed E-state index contributed by atoms with van der Waals surface area (Å²) in [4.78, 5) is 13.7. The number of halogens is 1. The fourth-order valence-corrected chi connectivity index (χ4v) is 2.12. The summed E-state index contributed by atoms with van der Waals surface area (Å²) in [6, 6.07) is 9.06. The molecule has 0 spiro atoms. The van der Waals surface area contributed by atoms with E-state index in [4.69, 9.17) is 0 Å². The molecular formula is C16H16FNO2. The Balaban J connectivity index is 2.39. The summed E-state index contributed by atoms with van der Waals surface area (Å²) < 4.78 is 13.2. The van der Waals surface area contributed by atoms with E-state index in [0.717, 1.165) is 23.3 Å². The minimum absolute atomic E-state index is 0.0494. The van der Waals surface area contributed by atoms with Crippen LogP contribution >= 0.6 is 0 Å². The van der Waals surface area contributed by atoms with Crippen LogP contribution in [0.4, 0.5) is 10.1 Å². The van der Waals surface area contributed by atoms with Gasteiger partial charge < -0.3 is 10.0 Å². The summed E-state index contributed by atoms with van der Waals surface area (Å²) in [5, 5.41) is 9.70. The van der Waals surface area contributed by atoms with Crippen molar-refractivity contribution in [3.63, 3.8) is 0 Å². The molecule has 0 unspecified atom stereocenters. The molecule has 2 aromatic rings. The Kier molecular flexibility index (Phi) is 3.74. The first-order valence-corrected chi connectivity index (χ1v) is 6.23. The summed E-state index contributed by atoms with van der Waals surface area (Å²) in [5.41, 5.74) is 2.72. The van der Waals surface area contributed by atoms with Gasteiger partial charge in [0.05, 0.1) is 5.56 Å². The normalized spacial score (nSPS) is 10.4. The van der Waals surface area contributed by atoms with E-state index in [2.05, 4.69) is 0 Å². The Labute approximate surface area is 117 Å². The number of carbonyl (C=O) groups is 1. The monoisotopic (exact) mass is 273 g/mol. The lowest BCUT2D eigenvalue weighted by Crippen LogP contribution is -2.26. The van der Waals surface area contributed by atoms with Gasteiger partial charge in [0.15, 0.2) is 0 Å². The highest BCUT2D eigenvalue weighted by molar-refractivity contribution is 6.07. The minimum Gasteiger partial charge on any atom is -0.507 e. The number of nitrogens with zero attached hydrogens (tertiary/aromatic N) is 1. The molecule has 3 nitrogen and oxygen atoms in total. The number of anilines is 1. The number of phenolic OH excluding ortho intramolecular Hbond substituents is 1. The van der Waals surface area contributed by atoms with Crippen LogP contribution < -0.4 is 4.90 Å². The van der Waals surface area contributed by atoms with Gasteiger partial charge in [-0.3, -0.25) is 4.79 Å². The number of aryl methyl sites for hydroxylation is 2. The average Bonchev–Trinajstić information content (AvgIpc) is 2.38. The van der Waals surface area contributed by atoms with E-state index in [-0.39, 0.29) is 11.3 Å². The van der Waals surface area contributed by atoms with Crippen LogP contribution in [-0.2, 0) is 0 Å². The van der Waals surface area contributed by atoms with Gasteiger partial charge in [-0.1, -0.05) is 6.07 Å². The fraction of sp³-hybridized carbons (Fsp3) is 0.188. The van der Waals surface area contributed by atoms with Crippen molar-refractivity contribution in [3.05, 3.63) is 58.9 Å². The molecule has 0 radical (unpaired) electrons. The molecular weight excluding hydrogens is 257 g/mol. The summed E-state index contributed by atoms with van der Waals surface area (Å²) in [6.45, 7) is 3.88. The van der Waals surface area contributed by atoms with E-state index in [0.29, 0.717) is 5.69 Å². The third-order valence-corrected chi connectivity index (χ3v) is 3.09. The van der Waals surface area contributed by atoms with Gasteiger partial charge in [0, 0.05) is 12.7 Å². The first kappa shape index (κ1) is 14.1. The van der Waals surface area contributed by atoms with Crippen molar-refractivity contribution in [2.75, 3.05) is 11.9 Å². The maximum Gasteiger partial charge on any atom is 0.261 e. The average molecular weight is 273 g/mol. The molecule has 0 saturated heterocycles. The predicted molar refractivity (Wildman–Crippen MR) is 76.7 cm³/mol. The van der Waals surface area contributed by atoms with E-state index >= 15 is 0 Å². The van der Waals surface area contributed by atoms with Gasteiger partial charge in [-0.2, -0.15) is 0 Å². The Hall–Kier alpha value is -2.36. The molecule has 1 N–H and O–H groups in total. The second-order valence-electron chi connectivity index (χ2n) is 4.87. The molecule has 0 fully saturated rings. The van der Waals surface area contributed by atoms with Gasteiger partial charge >= 0.3 is 0 Å². The standard InChI is InChI=1S/C16H16FNO2/c1-10-6-11(2)8-13(7-10)18(3)16(20)14-9-12(17)4-5-15(14)19/h4-9,19H,1-3H3. The second kappa shape index (κ2) is 5.33. The van der Waals surface area contributed by atoms with Gasteiger partial charge in [0.1, 0.15) is 11.6 Å². The Morgan fingerprint density at radius 1 is 1.10 bits per heavy atom. The Morgan fingerprint density at radius 2 is 1.70 bits per heavy atom. The zero-order chi connectivity index (χ0) is 14.9. The number of phenols is 1. The zero-order valence-corrected chi connectivity index (χ0v) is 11.6. The predicted octanol–water partition coefficient (Wildman–Crippen LogP) is 3.42. The molecule has 20 heavy (non-hydrogen) atoms. The molecule has 104 valence electrons. The van der Waals surface area contributed by atoms with Crippen LogP contribution in [0.15, 0.2) is 36.4 Å². The highest BCUT2D eigenvalue weighted by Gasteiger charge is 2.18. The molecule has 1 amide bonds. The molecule has 0 aromatic heterocycles. The second-order valence-corrected chi connectivity index (χ2v) is 4.87. The number of hydrogen-bond donors (Lipinski definition) is 1. The first-order chi connectivity index (χ1) is 9.38. The van der Waals surface area contributed by atoms with Crippen molar-refractivity contribution >= 4 is 11.6 Å². The number of amides is 1. The number of aromatic hydroxyl groups is 1. The molecule has 0 saturated carbocycles. The van der Waals surface area contributed by atoms with E-state index in [1.807, 2.05) is 32.0 Å². The van der Waals surface area contributed by atoms with E-state index < -0.39 is 11.7 Å². The van der Waals surface area contributed by atoms with Crippen molar-refractivity contribution in [1.82, 2.24) is 0 Å². The fourth-order valence-electron chi connectivity index (χ4n) is 2.12. The lowest BCUT2D eigenvalue weighted by Gasteiger charge is -2.19. The van der Waals surface area contributed by atoms with Gasteiger partial charge in [0.2, 0.25) is 0 Å². The maximum absolute atomic E-state index is 13.2. The largest absolute Gasteiger partial charge is 0.507 e. The summed E-state index contributed by atoms with van der Waals surface area (Å²) in [7, 11) is 1.60. The van der Waals surface area contributed by atoms with Crippen LogP contribution in [0.1, 0.15) is 21.5 Å². The number of benzene rings is 2. The van der Waals surface area contributed by atoms with Crippen LogP contribution in [0.3, 0.4) is 0 Å². The van der Waals surface area contributed by atoms with E-state index in [1.54, 1.807) is 7.05 Å². The summed E-state index contributed by atoms with van der Waals surface area (Å²) >= 11 is 0. The third-order valence-electron chi connectivity index (χ3n) is 3.09. The van der Waals surface area contributed by atoms with Crippen molar-refractivity contribution in [2.45, 2.75) is 13.8 Å².